The molecule has 1 aliphatic rings. The quantitative estimate of drug-likeness (QED) is 0.482. The molecule has 0 aliphatic carbocycles. The van der Waals surface area contributed by atoms with Gasteiger partial charge >= 0.3 is 0 Å². The first-order chi connectivity index (χ1) is 4.24. The van der Waals surface area contributed by atoms with Crippen molar-refractivity contribution in [1.29, 1.82) is 0 Å². The fourth-order valence-corrected chi connectivity index (χ4v) is 1.30. The van der Waals surface area contributed by atoms with Crippen LogP contribution >= 0.6 is 0 Å². The van der Waals surface area contributed by atoms with E-state index in [1.165, 1.54) is 0 Å². The molecule has 0 aromatic carbocycles. The van der Waals surface area contributed by atoms with Crippen molar-refractivity contribution in [2.75, 3.05) is 0 Å². The number of hydrogen-bond donors (Lipinski definition) is 1. The van der Waals surface area contributed by atoms with Crippen molar-refractivity contribution in [3.05, 3.63) is 0 Å². The first kappa shape index (κ1) is 7.10. The van der Waals surface area contributed by atoms with Gasteiger partial charge < -0.3 is 9.84 Å². The van der Waals surface area contributed by atoms with Crippen molar-refractivity contribution in [3.8, 4) is 0 Å². The fraction of sp³-hybridized carbons (Fsp3) is 1.00. The minimum atomic E-state index is -0.218. The smallest absolute Gasteiger partial charge is 0.139 e. The number of aliphatic hydroxyl groups excluding tert-OH is 1. The first-order valence-electron chi connectivity index (χ1n) is 3.57. The molecule has 1 N–H and O–H groups in total. The van der Waals surface area contributed by atoms with Crippen LogP contribution in [0.5, 0.6) is 0 Å². The van der Waals surface area contributed by atoms with Crippen LogP contribution in [0.1, 0.15) is 19.8 Å². The molecule has 1 aliphatic heterocycles. The van der Waals surface area contributed by atoms with Crippen molar-refractivity contribution >= 4 is 7.85 Å². The Balaban J connectivity index is 2.38. The van der Waals surface area contributed by atoms with Gasteiger partial charge in [-0.2, -0.15) is 0 Å². The summed E-state index contributed by atoms with van der Waals surface area (Å²) in [5, 5.41) is 9.23. The third kappa shape index (κ3) is 1.46. The van der Waals surface area contributed by atoms with E-state index in [0.29, 0.717) is 0 Å². The summed E-state index contributed by atoms with van der Waals surface area (Å²) in [5.41, 5.74) is 0. The molecule has 9 heavy (non-hydrogen) atoms. The molecule has 1 heterocycles. The molecule has 0 amide bonds. The summed E-state index contributed by atoms with van der Waals surface area (Å²) < 4.78 is 5.37. The molecule has 3 atom stereocenters. The Labute approximate surface area is 56.6 Å². The van der Waals surface area contributed by atoms with E-state index in [9.17, 15) is 5.11 Å². The Morgan fingerprint density at radius 2 is 2.44 bits per heavy atom. The minimum absolute atomic E-state index is 0.0972. The molecule has 0 bridgehead atoms. The molecule has 1 fully saturated rings. The Morgan fingerprint density at radius 1 is 1.78 bits per heavy atom. The van der Waals surface area contributed by atoms with Gasteiger partial charge in [-0.15, -0.1) is 0 Å². The maximum atomic E-state index is 9.23. The zero-order chi connectivity index (χ0) is 6.85. The highest BCUT2D eigenvalue weighted by Crippen LogP contribution is 2.19. The van der Waals surface area contributed by atoms with Gasteiger partial charge in [0.05, 0.1) is 12.2 Å². The van der Waals surface area contributed by atoms with Crippen LogP contribution in [-0.2, 0) is 4.74 Å². The van der Waals surface area contributed by atoms with Crippen LogP contribution in [0.15, 0.2) is 0 Å². The monoisotopic (exact) mass is 128 g/mol. The molecule has 1 saturated heterocycles. The molecule has 0 saturated carbocycles. The van der Waals surface area contributed by atoms with Crippen molar-refractivity contribution in [2.24, 2.45) is 0 Å². The van der Waals surface area contributed by atoms with Crippen LogP contribution in [0, 0.1) is 0 Å². The summed E-state index contributed by atoms with van der Waals surface area (Å²) in [6.07, 6.45) is 1.61. The molecule has 0 spiro atoms. The average molecular weight is 128 g/mol. The van der Waals surface area contributed by atoms with E-state index in [-0.39, 0.29) is 18.2 Å². The van der Waals surface area contributed by atoms with E-state index in [2.05, 4.69) is 0 Å². The Kier molecular flexibility index (Phi) is 2.14. The van der Waals surface area contributed by atoms with Gasteiger partial charge in [-0.05, 0) is 12.8 Å². The molecule has 1 rings (SSSR count). The number of ether oxygens (including phenoxy) is 1. The largest absolute Gasteiger partial charge is 0.390 e. The first-order valence-corrected chi connectivity index (χ1v) is 3.57. The molecule has 2 nitrogen and oxygen atoms in total. The standard InChI is InChI=1S/C6H13BO2/c1-2-5-4(8)3-6(7)9-5/h4-6,8H,2-3,7H2,1H3/t4?,5-,6-/m0/s1. The van der Waals surface area contributed by atoms with Crippen molar-refractivity contribution in [3.63, 3.8) is 0 Å². The Hall–Kier alpha value is -0.0151. The average Bonchev–Trinajstić information content (AvgIpc) is 2.10. The van der Waals surface area contributed by atoms with Gasteiger partial charge in [0.2, 0.25) is 0 Å². The van der Waals surface area contributed by atoms with Gasteiger partial charge in [-0.3, -0.25) is 0 Å². The van der Waals surface area contributed by atoms with Gasteiger partial charge in [0, 0.05) is 6.00 Å². The molecule has 0 radical (unpaired) electrons. The summed E-state index contributed by atoms with van der Waals surface area (Å²) in [4.78, 5) is 0. The highest BCUT2D eigenvalue weighted by atomic mass is 16.5. The second-order valence-electron chi connectivity index (χ2n) is 2.70. The fourth-order valence-electron chi connectivity index (χ4n) is 1.30. The predicted octanol–water partition coefficient (Wildman–Crippen LogP) is -0.495. The summed E-state index contributed by atoms with van der Waals surface area (Å²) >= 11 is 0. The third-order valence-corrected chi connectivity index (χ3v) is 1.81. The van der Waals surface area contributed by atoms with Crippen LogP contribution in [0.4, 0.5) is 0 Å². The highest BCUT2D eigenvalue weighted by molar-refractivity contribution is 6.11. The summed E-state index contributed by atoms with van der Waals surface area (Å²) in [5.74, 6) is 0. The topological polar surface area (TPSA) is 29.5 Å². The maximum Gasteiger partial charge on any atom is 0.139 e. The molecule has 0 aromatic rings. The van der Waals surface area contributed by atoms with E-state index < -0.39 is 0 Å². The van der Waals surface area contributed by atoms with Crippen LogP contribution in [0.25, 0.3) is 0 Å². The lowest BCUT2D eigenvalue weighted by Gasteiger charge is -2.09. The lowest BCUT2D eigenvalue weighted by molar-refractivity contribution is 0.0305. The van der Waals surface area contributed by atoms with Crippen LogP contribution in [0.3, 0.4) is 0 Å². The van der Waals surface area contributed by atoms with Gasteiger partial charge in [0.15, 0.2) is 0 Å². The third-order valence-electron chi connectivity index (χ3n) is 1.81. The molecule has 3 heteroatoms. The number of aliphatic hydroxyl groups is 1. The summed E-state index contributed by atoms with van der Waals surface area (Å²) in [6.45, 7) is 2.03. The lowest BCUT2D eigenvalue weighted by Crippen LogP contribution is -2.19. The molecule has 1 unspecified atom stereocenters. The van der Waals surface area contributed by atoms with Crippen LogP contribution in [-0.4, -0.2) is 31.2 Å². The Bertz CT molecular complexity index is 97.1. The normalized spacial score (nSPS) is 43.6. The minimum Gasteiger partial charge on any atom is -0.390 e. The van der Waals surface area contributed by atoms with E-state index in [0.717, 1.165) is 12.8 Å². The Morgan fingerprint density at radius 3 is 2.67 bits per heavy atom. The predicted molar refractivity (Wildman–Crippen MR) is 38.1 cm³/mol. The lowest BCUT2D eigenvalue weighted by atomic mass is 9.96. The second kappa shape index (κ2) is 2.71. The van der Waals surface area contributed by atoms with E-state index in [1.807, 2.05) is 14.8 Å². The molecule has 52 valence electrons. The van der Waals surface area contributed by atoms with Crippen molar-refractivity contribution in [2.45, 2.75) is 38.0 Å². The van der Waals surface area contributed by atoms with Crippen molar-refractivity contribution < 1.29 is 9.84 Å². The molecule has 0 aromatic heterocycles. The number of hydrogen-bond acceptors (Lipinski definition) is 2. The molecular weight excluding hydrogens is 115 g/mol. The second-order valence-corrected chi connectivity index (χ2v) is 2.70. The van der Waals surface area contributed by atoms with Crippen LogP contribution < -0.4 is 0 Å². The SMILES string of the molecule is B[C@@H]1CC(O)[C@H](CC)O1. The van der Waals surface area contributed by atoms with Gasteiger partial charge in [0.25, 0.3) is 0 Å². The van der Waals surface area contributed by atoms with E-state index in [1.54, 1.807) is 0 Å². The van der Waals surface area contributed by atoms with E-state index >= 15 is 0 Å². The zero-order valence-corrected chi connectivity index (χ0v) is 6.00. The summed E-state index contributed by atoms with van der Waals surface area (Å²) in [7, 11) is 2.00. The van der Waals surface area contributed by atoms with E-state index in [4.69, 9.17) is 4.74 Å². The van der Waals surface area contributed by atoms with Crippen molar-refractivity contribution in [1.82, 2.24) is 0 Å². The highest BCUT2D eigenvalue weighted by Gasteiger charge is 2.29. The molecular formula is C6H13BO2. The number of rotatable bonds is 1. The zero-order valence-electron chi connectivity index (χ0n) is 6.00. The summed E-state index contributed by atoms with van der Waals surface area (Å²) in [6, 6.07) is 0.255. The van der Waals surface area contributed by atoms with Gasteiger partial charge in [0.1, 0.15) is 7.85 Å². The van der Waals surface area contributed by atoms with Gasteiger partial charge in [-0.1, -0.05) is 6.92 Å². The maximum absolute atomic E-state index is 9.23. The van der Waals surface area contributed by atoms with Crippen LogP contribution in [0.2, 0.25) is 0 Å². The van der Waals surface area contributed by atoms with Gasteiger partial charge in [-0.25, -0.2) is 0 Å².